The molecule has 1 aliphatic carbocycles. The lowest BCUT2D eigenvalue weighted by Crippen LogP contribution is -2.04. The van der Waals surface area contributed by atoms with Crippen LogP contribution in [0.2, 0.25) is 0 Å². The van der Waals surface area contributed by atoms with E-state index in [0.29, 0.717) is 0 Å². The Hall–Kier alpha value is -2.15. The highest BCUT2D eigenvalue weighted by molar-refractivity contribution is 5.53. The van der Waals surface area contributed by atoms with E-state index in [1.54, 1.807) is 12.4 Å². The molecule has 1 fully saturated rings. The molecule has 0 bridgehead atoms. The number of hydrogen-bond acceptors (Lipinski definition) is 3. The van der Waals surface area contributed by atoms with Gasteiger partial charge in [0.25, 0.3) is 0 Å². The summed E-state index contributed by atoms with van der Waals surface area (Å²) in [4.78, 5) is 11.7. The summed E-state index contributed by atoms with van der Waals surface area (Å²) in [6.45, 7) is 0. The van der Waals surface area contributed by atoms with Crippen molar-refractivity contribution in [3.8, 4) is 17.5 Å². The topological polar surface area (TPSA) is 65.4 Å². The van der Waals surface area contributed by atoms with Gasteiger partial charge in [0, 0.05) is 6.20 Å². The average Bonchev–Trinajstić information content (AvgIpc) is 3.00. The molecule has 0 saturated heterocycles. The monoisotopic (exact) mass is 210 g/mol. The first-order valence-electron chi connectivity index (χ1n) is 5.22. The molecule has 1 N–H and O–H groups in total. The second-order valence-electron chi connectivity index (χ2n) is 4.05. The van der Waals surface area contributed by atoms with Gasteiger partial charge in [0.2, 0.25) is 0 Å². The zero-order valence-corrected chi connectivity index (χ0v) is 8.64. The van der Waals surface area contributed by atoms with Gasteiger partial charge in [0.05, 0.1) is 23.7 Å². The van der Waals surface area contributed by atoms with E-state index < -0.39 is 0 Å². The number of nitrogens with one attached hydrogen (secondary N) is 1. The maximum Gasteiger partial charge on any atom is 0.127 e. The Morgan fingerprint density at radius 1 is 1.31 bits per heavy atom. The summed E-state index contributed by atoms with van der Waals surface area (Å²) in [6.07, 6.45) is 5.29. The van der Waals surface area contributed by atoms with E-state index in [-0.39, 0.29) is 5.41 Å². The number of imidazole rings is 1. The summed E-state index contributed by atoms with van der Waals surface area (Å²) >= 11 is 0. The second kappa shape index (κ2) is 3.17. The second-order valence-corrected chi connectivity index (χ2v) is 4.05. The zero-order valence-electron chi connectivity index (χ0n) is 8.64. The highest BCUT2D eigenvalue weighted by atomic mass is 15.0. The number of nitriles is 1. The fourth-order valence-corrected chi connectivity index (χ4v) is 1.74. The predicted octanol–water partition coefficient (Wildman–Crippen LogP) is 2.03. The van der Waals surface area contributed by atoms with Crippen molar-refractivity contribution in [3.63, 3.8) is 0 Å². The Labute approximate surface area is 93.0 Å². The van der Waals surface area contributed by atoms with E-state index in [2.05, 4.69) is 21.0 Å². The molecule has 0 amide bonds. The number of nitrogens with zero attached hydrogens (tertiary/aromatic N) is 3. The Bertz CT molecular complexity index is 546. The van der Waals surface area contributed by atoms with Gasteiger partial charge in [-0.05, 0) is 25.0 Å². The van der Waals surface area contributed by atoms with Crippen LogP contribution in [0, 0.1) is 11.3 Å². The van der Waals surface area contributed by atoms with Crippen LogP contribution in [-0.4, -0.2) is 15.0 Å². The van der Waals surface area contributed by atoms with Crippen molar-refractivity contribution in [2.45, 2.75) is 18.3 Å². The lowest BCUT2D eigenvalue weighted by atomic mass is 10.1. The molecule has 16 heavy (non-hydrogen) atoms. The number of H-pyrrole nitrogens is 1. The molecule has 78 valence electrons. The number of aromatic amines is 1. The van der Waals surface area contributed by atoms with Gasteiger partial charge in [0.15, 0.2) is 0 Å². The van der Waals surface area contributed by atoms with Crippen LogP contribution < -0.4 is 0 Å². The smallest absolute Gasteiger partial charge is 0.127 e. The van der Waals surface area contributed by atoms with Crippen molar-refractivity contribution < 1.29 is 0 Å². The predicted molar refractivity (Wildman–Crippen MR) is 58.3 cm³/mol. The lowest BCUT2D eigenvalue weighted by Gasteiger charge is -1.99. The molecule has 0 atom stereocenters. The minimum absolute atomic E-state index is 0.354. The third-order valence-corrected chi connectivity index (χ3v) is 2.93. The number of pyridine rings is 1. The lowest BCUT2D eigenvalue weighted by molar-refractivity contribution is 0.821. The van der Waals surface area contributed by atoms with Crippen LogP contribution in [0.3, 0.4) is 0 Å². The largest absolute Gasteiger partial charge is 0.339 e. The van der Waals surface area contributed by atoms with Gasteiger partial charge in [-0.3, -0.25) is 4.98 Å². The number of hydrogen-bond donors (Lipinski definition) is 1. The normalized spacial score (nSPS) is 16.7. The van der Waals surface area contributed by atoms with Crippen LogP contribution in [0.15, 0.2) is 30.6 Å². The van der Waals surface area contributed by atoms with Crippen molar-refractivity contribution >= 4 is 0 Å². The number of rotatable bonds is 2. The fourth-order valence-electron chi connectivity index (χ4n) is 1.74. The van der Waals surface area contributed by atoms with Gasteiger partial charge in [-0.25, -0.2) is 4.98 Å². The summed E-state index contributed by atoms with van der Waals surface area (Å²) < 4.78 is 0. The van der Waals surface area contributed by atoms with E-state index in [9.17, 15) is 0 Å². The van der Waals surface area contributed by atoms with Crippen molar-refractivity contribution in [2.75, 3.05) is 0 Å². The molecule has 2 aromatic rings. The first-order valence-corrected chi connectivity index (χ1v) is 5.22. The highest BCUT2D eigenvalue weighted by Gasteiger charge is 2.47. The molecule has 1 aliphatic rings. The third kappa shape index (κ3) is 1.29. The van der Waals surface area contributed by atoms with Crippen LogP contribution in [0.5, 0.6) is 0 Å². The first-order chi connectivity index (χ1) is 7.84. The van der Waals surface area contributed by atoms with Crippen LogP contribution in [-0.2, 0) is 5.41 Å². The summed E-state index contributed by atoms with van der Waals surface area (Å²) in [5.74, 6) is 0.774. The zero-order chi connectivity index (χ0) is 11.0. The highest BCUT2D eigenvalue weighted by Crippen LogP contribution is 2.46. The fraction of sp³-hybridized carbons (Fsp3) is 0.250. The summed E-state index contributed by atoms with van der Waals surface area (Å²) in [5.41, 5.74) is 1.37. The Morgan fingerprint density at radius 2 is 2.19 bits per heavy atom. The third-order valence-electron chi connectivity index (χ3n) is 2.93. The number of aromatic nitrogens is 3. The summed E-state index contributed by atoms with van der Waals surface area (Å²) in [5, 5.41) is 9.06. The molecule has 4 heteroatoms. The first kappa shape index (κ1) is 9.10. The van der Waals surface area contributed by atoms with Crippen LogP contribution >= 0.6 is 0 Å². The standard InChI is InChI=1S/C12H10N4/c13-8-12(4-5-12)11-15-7-10(16-11)9-3-1-2-6-14-9/h1-3,6-7H,4-5H2,(H,15,16). The Kier molecular flexibility index (Phi) is 1.80. The van der Waals surface area contributed by atoms with E-state index in [1.165, 1.54) is 0 Å². The van der Waals surface area contributed by atoms with Gasteiger partial charge in [-0.1, -0.05) is 6.07 Å². The van der Waals surface area contributed by atoms with E-state index in [0.717, 1.165) is 30.1 Å². The Morgan fingerprint density at radius 3 is 2.81 bits per heavy atom. The molecule has 2 heterocycles. The van der Waals surface area contributed by atoms with E-state index in [4.69, 9.17) is 5.26 Å². The SMILES string of the molecule is N#CC1(c2ncc(-c3ccccn3)[nH]2)CC1. The molecule has 0 aromatic carbocycles. The van der Waals surface area contributed by atoms with Gasteiger partial charge in [-0.15, -0.1) is 0 Å². The van der Waals surface area contributed by atoms with Crippen LogP contribution in [0.25, 0.3) is 11.4 Å². The van der Waals surface area contributed by atoms with Gasteiger partial charge < -0.3 is 4.98 Å². The quantitative estimate of drug-likeness (QED) is 0.824. The van der Waals surface area contributed by atoms with E-state index >= 15 is 0 Å². The van der Waals surface area contributed by atoms with Gasteiger partial charge in [-0.2, -0.15) is 5.26 Å². The molecule has 3 rings (SSSR count). The van der Waals surface area contributed by atoms with Crippen LogP contribution in [0.4, 0.5) is 0 Å². The van der Waals surface area contributed by atoms with Crippen LogP contribution in [0.1, 0.15) is 18.7 Å². The molecule has 0 radical (unpaired) electrons. The van der Waals surface area contributed by atoms with Crippen molar-refractivity contribution in [1.82, 2.24) is 15.0 Å². The maximum atomic E-state index is 9.06. The molecule has 0 aliphatic heterocycles. The molecule has 2 aromatic heterocycles. The summed E-state index contributed by atoms with van der Waals surface area (Å²) in [7, 11) is 0. The van der Waals surface area contributed by atoms with Crippen molar-refractivity contribution in [2.24, 2.45) is 0 Å². The maximum absolute atomic E-state index is 9.06. The van der Waals surface area contributed by atoms with Crippen molar-refractivity contribution in [3.05, 3.63) is 36.4 Å². The van der Waals surface area contributed by atoms with Gasteiger partial charge in [0.1, 0.15) is 11.2 Å². The minimum Gasteiger partial charge on any atom is -0.339 e. The molecule has 0 unspecified atom stereocenters. The molecule has 0 spiro atoms. The minimum atomic E-state index is -0.354. The van der Waals surface area contributed by atoms with Crippen molar-refractivity contribution in [1.29, 1.82) is 5.26 Å². The summed E-state index contributed by atoms with van der Waals surface area (Å²) in [6, 6.07) is 8.04. The van der Waals surface area contributed by atoms with E-state index in [1.807, 2.05) is 18.2 Å². The molecule has 1 saturated carbocycles. The molecular formula is C12H10N4. The average molecular weight is 210 g/mol. The Balaban J connectivity index is 1.98. The molecular weight excluding hydrogens is 200 g/mol. The molecule has 4 nitrogen and oxygen atoms in total. The van der Waals surface area contributed by atoms with Gasteiger partial charge >= 0.3 is 0 Å².